The average Bonchev–Trinajstić information content (AvgIpc) is 2.21. The minimum atomic E-state index is -1.06. The summed E-state index contributed by atoms with van der Waals surface area (Å²) in [6, 6.07) is 0. The van der Waals surface area contributed by atoms with Gasteiger partial charge in [-0.2, -0.15) is 0 Å². The normalized spacial score (nSPS) is 27.8. The van der Waals surface area contributed by atoms with Gasteiger partial charge in [-0.3, -0.25) is 9.59 Å². The Morgan fingerprint density at radius 2 is 2.19 bits per heavy atom. The van der Waals surface area contributed by atoms with Gasteiger partial charge in [-0.1, -0.05) is 33.1 Å². The van der Waals surface area contributed by atoms with Crippen LogP contribution in [0.5, 0.6) is 0 Å². The first-order valence-electron chi connectivity index (χ1n) is 6.29. The standard InChI is InChI=1S/C13H22O3/c1-3-6-10(2)9-13(12(15)16)8-5-4-7-11(13)14/h10H,3-9H2,1-2H3,(H,15,16). The molecule has 0 aliphatic heterocycles. The molecular weight excluding hydrogens is 204 g/mol. The number of carbonyl (C=O) groups excluding carboxylic acids is 1. The molecule has 1 saturated carbocycles. The molecule has 0 radical (unpaired) electrons. The highest BCUT2D eigenvalue weighted by molar-refractivity contribution is 6.03. The lowest BCUT2D eigenvalue weighted by Crippen LogP contribution is -2.42. The molecule has 1 aliphatic carbocycles. The number of carboxylic acid groups (broad SMARTS) is 1. The summed E-state index contributed by atoms with van der Waals surface area (Å²) in [5.41, 5.74) is -1.06. The number of hydrogen-bond donors (Lipinski definition) is 1. The van der Waals surface area contributed by atoms with Crippen molar-refractivity contribution in [1.29, 1.82) is 0 Å². The maximum atomic E-state index is 11.9. The molecule has 1 rings (SSSR count). The van der Waals surface area contributed by atoms with Crippen molar-refractivity contribution in [3.63, 3.8) is 0 Å². The van der Waals surface area contributed by atoms with Crippen molar-refractivity contribution in [1.82, 2.24) is 0 Å². The van der Waals surface area contributed by atoms with Crippen molar-refractivity contribution < 1.29 is 14.7 Å². The van der Waals surface area contributed by atoms with Crippen LogP contribution in [-0.2, 0) is 9.59 Å². The topological polar surface area (TPSA) is 54.4 Å². The van der Waals surface area contributed by atoms with Crippen LogP contribution in [0.3, 0.4) is 0 Å². The van der Waals surface area contributed by atoms with E-state index in [1.165, 1.54) is 0 Å². The number of carbonyl (C=O) groups is 2. The molecule has 1 N–H and O–H groups in total. The Morgan fingerprint density at radius 1 is 1.50 bits per heavy atom. The van der Waals surface area contributed by atoms with Crippen LogP contribution in [0, 0.1) is 11.3 Å². The molecule has 0 spiro atoms. The van der Waals surface area contributed by atoms with E-state index in [-0.39, 0.29) is 5.78 Å². The molecule has 16 heavy (non-hydrogen) atoms. The molecular formula is C13H22O3. The van der Waals surface area contributed by atoms with Crippen LogP contribution in [0.2, 0.25) is 0 Å². The van der Waals surface area contributed by atoms with Crippen LogP contribution in [0.15, 0.2) is 0 Å². The Bertz CT molecular complexity index is 272. The zero-order valence-corrected chi connectivity index (χ0v) is 10.3. The number of ketones is 1. The van der Waals surface area contributed by atoms with E-state index in [0.717, 1.165) is 25.7 Å². The second kappa shape index (κ2) is 5.46. The Balaban J connectivity index is 2.79. The van der Waals surface area contributed by atoms with Crippen LogP contribution in [0.1, 0.15) is 58.8 Å². The Hall–Kier alpha value is -0.860. The second-order valence-corrected chi connectivity index (χ2v) is 5.12. The minimum Gasteiger partial charge on any atom is -0.480 e. The van der Waals surface area contributed by atoms with Gasteiger partial charge < -0.3 is 5.11 Å². The van der Waals surface area contributed by atoms with Crippen molar-refractivity contribution in [2.45, 2.75) is 58.8 Å². The van der Waals surface area contributed by atoms with E-state index < -0.39 is 11.4 Å². The molecule has 0 amide bonds. The van der Waals surface area contributed by atoms with Crippen molar-refractivity contribution in [3.8, 4) is 0 Å². The highest BCUT2D eigenvalue weighted by atomic mass is 16.4. The van der Waals surface area contributed by atoms with E-state index in [0.29, 0.717) is 25.2 Å². The zero-order chi connectivity index (χ0) is 12.2. The SMILES string of the molecule is CCCC(C)CC1(C(=O)O)CCCCC1=O. The van der Waals surface area contributed by atoms with Crippen LogP contribution in [0.4, 0.5) is 0 Å². The van der Waals surface area contributed by atoms with Crippen molar-refractivity contribution >= 4 is 11.8 Å². The van der Waals surface area contributed by atoms with Crippen LogP contribution >= 0.6 is 0 Å². The van der Waals surface area contributed by atoms with Gasteiger partial charge >= 0.3 is 5.97 Å². The summed E-state index contributed by atoms with van der Waals surface area (Å²) in [7, 11) is 0. The maximum Gasteiger partial charge on any atom is 0.317 e. The molecule has 0 aromatic carbocycles. The number of carboxylic acids is 1. The summed E-state index contributed by atoms with van der Waals surface area (Å²) in [6.07, 6.45) is 5.29. The fraction of sp³-hybridized carbons (Fsp3) is 0.846. The number of Topliss-reactive ketones (excluding diaryl/α,β-unsaturated/α-hetero) is 1. The number of hydrogen-bond acceptors (Lipinski definition) is 2. The summed E-state index contributed by atoms with van der Waals surface area (Å²) in [5.74, 6) is -0.627. The molecule has 2 unspecified atom stereocenters. The molecule has 3 nitrogen and oxygen atoms in total. The van der Waals surface area contributed by atoms with E-state index in [1.807, 2.05) is 0 Å². The third-order valence-corrected chi connectivity index (χ3v) is 3.68. The predicted molar refractivity (Wildman–Crippen MR) is 62.2 cm³/mol. The summed E-state index contributed by atoms with van der Waals surface area (Å²) < 4.78 is 0. The van der Waals surface area contributed by atoms with Crippen LogP contribution in [0.25, 0.3) is 0 Å². The molecule has 92 valence electrons. The largest absolute Gasteiger partial charge is 0.480 e. The molecule has 0 saturated heterocycles. The predicted octanol–water partition coefficient (Wildman–Crippen LogP) is 3.03. The molecule has 1 fully saturated rings. The number of aliphatic carboxylic acids is 1. The fourth-order valence-corrected chi connectivity index (χ4v) is 2.81. The smallest absolute Gasteiger partial charge is 0.317 e. The van der Waals surface area contributed by atoms with E-state index >= 15 is 0 Å². The highest BCUT2D eigenvalue weighted by Crippen LogP contribution is 2.40. The molecule has 1 aliphatic rings. The van der Waals surface area contributed by atoms with E-state index in [1.54, 1.807) is 0 Å². The first-order valence-corrected chi connectivity index (χ1v) is 6.29. The number of rotatable bonds is 5. The summed E-state index contributed by atoms with van der Waals surface area (Å²) in [4.78, 5) is 23.3. The highest BCUT2D eigenvalue weighted by Gasteiger charge is 2.47. The Morgan fingerprint density at radius 3 is 2.69 bits per heavy atom. The summed E-state index contributed by atoms with van der Waals surface area (Å²) in [6.45, 7) is 4.14. The molecule has 0 bridgehead atoms. The van der Waals surface area contributed by atoms with Crippen molar-refractivity contribution in [2.75, 3.05) is 0 Å². The van der Waals surface area contributed by atoms with Gasteiger partial charge in [0.25, 0.3) is 0 Å². The van der Waals surface area contributed by atoms with Gasteiger partial charge in [0.2, 0.25) is 0 Å². The fourth-order valence-electron chi connectivity index (χ4n) is 2.81. The van der Waals surface area contributed by atoms with E-state index in [2.05, 4.69) is 13.8 Å². The van der Waals surface area contributed by atoms with Gasteiger partial charge in [0.1, 0.15) is 11.2 Å². The second-order valence-electron chi connectivity index (χ2n) is 5.12. The molecule has 0 aromatic rings. The lowest BCUT2D eigenvalue weighted by Gasteiger charge is -2.33. The molecule has 0 aromatic heterocycles. The average molecular weight is 226 g/mol. The molecule has 2 atom stereocenters. The Labute approximate surface area is 97.2 Å². The minimum absolute atomic E-state index is 0.0470. The summed E-state index contributed by atoms with van der Waals surface area (Å²) in [5, 5.41) is 9.36. The van der Waals surface area contributed by atoms with Crippen molar-refractivity contribution in [2.24, 2.45) is 11.3 Å². The lowest BCUT2D eigenvalue weighted by molar-refractivity contribution is -0.158. The zero-order valence-electron chi connectivity index (χ0n) is 10.3. The van der Waals surface area contributed by atoms with Gasteiger partial charge in [-0.05, 0) is 25.2 Å². The van der Waals surface area contributed by atoms with Crippen molar-refractivity contribution in [3.05, 3.63) is 0 Å². The van der Waals surface area contributed by atoms with Gasteiger partial charge in [0.15, 0.2) is 0 Å². The van der Waals surface area contributed by atoms with Gasteiger partial charge in [-0.15, -0.1) is 0 Å². The third kappa shape index (κ3) is 2.63. The van der Waals surface area contributed by atoms with E-state index in [4.69, 9.17) is 0 Å². The van der Waals surface area contributed by atoms with Gasteiger partial charge in [0.05, 0.1) is 0 Å². The Kier molecular flexibility index (Phi) is 4.51. The lowest BCUT2D eigenvalue weighted by atomic mass is 9.68. The molecule has 3 heteroatoms. The molecule has 0 heterocycles. The quantitative estimate of drug-likeness (QED) is 0.733. The van der Waals surface area contributed by atoms with E-state index in [9.17, 15) is 14.7 Å². The first kappa shape index (κ1) is 13.2. The monoisotopic (exact) mass is 226 g/mol. The van der Waals surface area contributed by atoms with Crippen LogP contribution in [-0.4, -0.2) is 16.9 Å². The first-order chi connectivity index (χ1) is 7.53. The third-order valence-electron chi connectivity index (χ3n) is 3.68. The van der Waals surface area contributed by atoms with Gasteiger partial charge in [-0.25, -0.2) is 0 Å². The van der Waals surface area contributed by atoms with Gasteiger partial charge in [0, 0.05) is 6.42 Å². The maximum absolute atomic E-state index is 11.9. The van der Waals surface area contributed by atoms with Crippen LogP contribution < -0.4 is 0 Å². The summed E-state index contributed by atoms with van der Waals surface area (Å²) >= 11 is 0.